The van der Waals surface area contributed by atoms with Gasteiger partial charge in [-0.05, 0) is 63.2 Å². The van der Waals surface area contributed by atoms with E-state index in [2.05, 4.69) is 0 Å². The zero-order chi connectivity index (χ0) is 20.2. The molecule has 2 amide bonds. The normalized spacial score (nSPS) is 16.0. The van der Waals surface area contributed by atoms with Gasteiger partial charge in [0.15, 0.2) is 11.5 Å². The molecule has 1 aliphatic heterocycles. The number of ether oxygens (including phenoxy) is 3. The standard InChI is InChI=1S/C19H23NO6S/c1-6-25-14-9-12(7-8-13(14)24-5)10-15-17(22)20(18(23)27-15)11-16(21)26-19(2,3)4/h7-10H,6,11H2,1-5H3. The Labute approximate surface area is 162 Å². The summed E-state index contributed by atoms with van der Waals surface area (Å²) < 4.78 is 15.9. The Balaban J connectivity index is 2.18. The van der Waals surface area contributed by atoms with Gasteiger partial charge in [0.05, 0.1) is 18.6 Å². The first-order valence-electron chi connectivity index (χ1n) is 8.42. The van der Waals surface area contributed by atoms with Crippen molar-refractivity contribution in [2.24, 2.45) is 0 Å². The number of hydrogen-bond acceptors (Lipinski definition) is 7. The van der Waals surface area contributed by atoms with E-state index in [4.69, 9.17) is 14.2 Å². The van der Waals surface area contributed by atoms with Crippen LogP contribution in [0.3, 0.4) is 0 Å². The van der Waals surface area contributed by atoms with Crippen molar-refractivity contribution in [1.29, 1.82) is 0 Å². The number of nitrogens with zero attached hydrogens (tertiary/aromatic N) is 1. The van der Waals surface area contributed by atoms with Crippen molar-refractivity contribution >= 4 is 35.0 Å². The number of carbonyl (C=O) groups excluding carboxylic acids is 3. The van der Waals surface area contributed by atoms with Gasteiger partial charge in [-0.3, -0.25) is 19.3 Å². The van der Waals surface area contributed by atoms with Gasteiger partial charge in [0.25, 0.3) is 11.1 Å². The summed E-state index contributed by atoms with van der Waals surface area (Å²) in [5.74, 6) is -0.0347. The SMILES string of the molecule is CCOc1cc(C=C2SC(=O)N(CC(=O)OC(C)(C)C)C2=O)ccc1OC. The third-order valence-corrected chi connectivity index (χ3v) is 4.27. The summed E-state index contributed by atoms with van der Waals surface area (Å²) in [4.78, 5) is 37.7. The Kier molecular flexibility index (Phi) is 6.54. The van der Waals surface area contributed by atoms with Gasteiger partial charge in [0, 0.05) is 0 Å². The van der Waals surface area contributed by atoms with Crippen molar-refractivity contribution in [3.63, 3.8) is 0 Å². The van der Waals surface area contributed by atoms with Crippen LogP contribution >= 0.6 is 11.8 Å². The molecule has 0 atom stereocenters. The fraction of sp³-hybridized carbons (Fsp3) is 0.421. The minimum Gasteiger partial charge on any atom is -0.493 e. The Morgan fingerprint density at radius 3 is 2.52 bits per heavy atom. The van der Waals surface area contributed by atoms with Gasteiger partial charge < -0.3 is 14.2 Å². The average Bonchev–Trinajstić information content (AvgIpc) is 2.81. The van der Waals surface area contributed by atoms with Crippen LogP contribution in [0, 0.1) is 0 Å². The van der Waals surface area contributed by atoms with Crippen molar-refractivity contribution in [3.05, 3.63) is 28.7 Å². The van der Waals surface area contributed by atoms with Crippen LogP contribution in [0.15, 0.2) is 23.1 Å². The molecule has 1 heterocycles. The van der Waals surface area contributed by atoms with Crippen LogP contribution in [0.2, 0.25) is 0 Å². The second kappa shape index (κ2) is 8.47. The third kappa shape index (κ3) is 5.50. The lowest BCUT2D eigenvalue weighted by Crippen LogP contribution is -2.37. The number of benzene rings is 1. The fourth-order valence-corrected chi connectivity index (χ4v) is 3.18. The number of amides is 2. The molecule has 27 heavy (non-hydrogen) atoms. The van der Waals surface area contributed by atoms with Crippen LogP contribution < -0.4 is 9.47 Å². The summed E-state index contributed by atoms with van der Waals surface area (Å²) in [7, 11) is 1.54. The molecule has 0 radical (unpaired) electrons. The van der Waals surface area contributed by atoms with Gasteiger partial charge in [-0.2, -0.15) is 0 Å². The first kappa shape index (κ1) is 20.8. The van der Waals surface area contributed by atoms with Crippen LogP contribution in [-0.4, -0.2) is 47.9 Å². The quantitative estimate of drug-likeness (QED) is 0.540. The second-order valence-electron chi connectivity index (χ2n) is 6.70. The number of carbonyl (C=O) groups is 3. The zero-order valence-electron chi connectivity index (χ0n) is 16.0. The molecule has 0 N–H and O–H groups in total. The van der Waals surface area contributed by atoms with E-state index >= 15 is 0 Å². The van der Waals surface area contributed by atoms with Crippen LogP contribution in [0.25, 0.3) is 6.08 Å². The molecule has 7 nitrogen and oxygen atoms in total. The monoisotopic (exact) mass is 393 g/mol. The van der Waals surface area contributed by atoms with E-state index in [9.17, 15) is 14.4 Å². The smallest absolute Gasteiger partial charge is 0.326 e. The predicted octanol–water partition coefficient (Wildman–Crippen LogP) is 3.47. The van der Waals surface area contributed by atoms with Gasteiger partial charge in [-0.25, -0.2) is 0 Å². The molecule has 0 saturated carbocycles. The fourth-order valence-electron chi connectivity index (χ4n) is 2.34. The molecule has 1 aromatic carbocycles. The van der Waals surface area contributed by atoms with E-state index in [1.165, 1.54) is 0 Å². The van der Waals surface area contributed by atoms with Crippen LogP contribution in [0.4, 0.5) is 4.79 Å². The Hall–Kier alpha value is -2.48. The maximum atomic E-state index is 12.5. The molecule has 1 aromatic rings. The first-order chi connectivity index (χ1) is 12.6. The van der Waals surface area contributed by atoms with E-state index in [1.54, 1.807) is 52.2 Å². The zero-order valence-corrected chi connectivity index (χ0v) is 16.8. The lowest BCUT2D eigenvalue weighted by Gasteiger charge is -2.21. The number of imide groups is 1. The van der Waals surface area contributed by atoms with Gasteiger partial charge in [-0.15, -0.1) is 0 Å². The van der Waals surface area contributed by atoms with Crippen molar-refractivity contribution < 1.29 is 28.6 Å². The Bertz CT molecular complexity index is 781. The molecule has 8 heteroatoms. The molecule has 0 bridgehead atoms. The van der Waals surface area contributed by atoms with E-state index < -0.39 is 29.3 Å². The van der Waals surface area contributed by atoms with Crippen LogP contribution in [-0.2, 0) is 14.3 Å². The highest BCUT2D eigenvalue weighted by atomic mass is 32.2. The minimum absolute atomic E-state index is 0.233. The van der Waals surface area contributed by atoms with Crippen molar-refractivity contribution in [1.82, 2.24) is 4.90 Å². The highest BCUT2D eigenvalue weighted by molar-refractivity contribution is 8.18. The lowest BCUT2D eigenvalue weighted by molar-refractivity contribution is -0.156. The Morgan fingerprint density at radius 2 is 1.93 bits per heavy atom. The van der Waals surface area contributed by atoms with Crippen LogP contribution in [0.5, 0.6) is 11.5 Å². The summed E-state index contributed by atoms with van der Waals surface area (Å²) in [6.07, 6.45) is 1.59. The summed E-state index contributed by atoms with van der Waals surface area (Å²) in [6, 6.07) is 5.20. The predicted molar refractivity (Wildman–Crippen MR) is 103 cm³/mol. The maximum absolute atomic E-state index is 12.5. The number of methoxy groups -OCH3 is 1. The molecule has 0 aromatic heterocycles. The molecular weight excluding hydrogens is 370 g/mol. The molecule has 2 rings (SSSR count). The van der Waals surface area contributed by atoms with Gasteiger partial charge in [-0.1, -0.05) is 6.07 Å². The van der Waals surface area contributed by atoms with Crippen molar-refractivity contribution in [3.8, 4) is 11.5 Å². The van der Waals surface area contributed by atoms with E-state index in [1.807, 2.05) is 6.92 Å². The van der Waals surface area contributed by atoms with E-state index in [0.717, 1.165) is 16.7 Å². The summed E-state index contributed by atoms with van der Waals surface area (Å²) in [5, 5.41) is -0.504. The van der Waals surface area contributed by atoms with E-state index in [0.29, 0.717) is 23.7 Å². The number of hydrogen-bond donors (Lipinski definition) is 0. The molecule has 146 valence electrons. The second-order valence-corrected chi connectivity index (χ2v) is 7.69. The summed E-state index contributed by atoms with van der Waals surface area (Å²) in [6.45, 7) is 7.07. The number of esters is 1. The highest BCUT2D eigenvalue weighted by Crippen LogP contribution is 2.34. The Morgan fingerprint density at radius 1 is 1.22 bits per heavy atom. The van der Waals surface area contributed by atoms with Crippen LogP contribution in [0.1, 0.15) is 33.3 Å². The molecule has 1 aliphatic rings. The third-order valence-electron chi connectivity index (χ3n) is 3.37. The lowest BCUT2D eigenvalue weighted by atomic mass is 10.2. The largest absolute Gasteiger partial charge is 0.493 e. The molecule has 1 saturated heterocycles. The highest BCUT2D eigenvalue weighted by Gasteiger charge is 2.37. The molecule has 0 spiro atoms. The first-order valence-corrected chi connectivity index (χ1v) is 9.24. The van der Waals surface area contributed by atoms with Gasteiger partial charge in [0.1, 0.15) is 12.1 Å². The van der Waals surface area contributed by atoms with Crippen molar-refractivity contribution in [2.45, 2.75) is 33.3 Å². The maximum Gasteiger partial charge on any atom is 0.326 e. The molecule has 0 unspecified atom stereocenters. The summed E-state index contributed by atoms with van der Waals surface area (Å²) >= 11 is 0.784. The number of thioether (sulfide) groups is 1. The van der Waals surface area contributed by atoms with Crippen molar-refractivity contribution in [2.75, 3.05) is 20.3 Å². The molecular formula is C19H23NO6S. The topological polar surface area (TPSA) is 82.1 Å². The van der Waals surface area contributed by atoms with Gasteiger partial charge in [0.2, 0.25) is 0 Å². The van der Waals surface area contributed by atoms with Gasteiger partial charge >= 0.3 is 5.97 Å². The average molecular weight is 393 g/mol. The summed E-state index contributed by atoms with van der Waals surface area (Å²) in [5.41, 5.74) is -0.00459. The number of rotatable bonds is 6. The minimum atomic E-state index is -0.687. The molecule has 0 aliphatic carbocycles. The van der Waals surface area contributed by atoms with E-state index in [-0.39, 0.29) is 4.91 Å². The molecule has 1 fully saturated rings.